The van der Waals surface area contributed by atoms with Gasteiger partial charge in [-0.3, -0.25) is 0 Å². The number of rotatable bonds is 4. The van der Waals surface area contributed by atoms with Crippen molar-refractivity contribution < 1.29 is 14.3 Å². The Labute approximate surface area is 144 Å². The summed E-state index contributed by atoms with van der Waals surface area (Å²) in [7, 11) is 1.92. The standard InChI is InChI=1S/C17H21BrN2O3/c1-20(16(10-2-3-10)11-4-5-11)17(21)19-13-9-15-14(8-12(13)18)22-6-7-23-15/h8-11,16H,2-7H2,1H3,(H,19,21). The van der Waals surface area contributed by atoms with E-state index >= 15 is 0 Å². The number of benzene rings is 1. The SMILES string of the molecule is CN(C(=O)Nc1cc2c(cc1Br)OCCO2)C(C1CC1)C1CC1. The summed E-state index contributed by atoms with van der Waals surface area (Å²) in [4.78, 5) is 14.6. The third kappa shape index (κ3) is 3.13. The molecule has 1 aliphatic heterocycles. The van der Waals surface area contributed by atoms with Gasteiger partial charge in [0.05, 0.1) is 5.69 Å². The number of halogens is 1. The molecule has 1 aromatic rings. The molecule has 0 radical (unpaired) electrons. The van der Waals surface area contributed by atoms with Crippen LogP contribution in [0.25, 0.3) is 0 Å². The van der Waals surface area contributed by atoms with Crippen molar-refractivity contribution in [3.63, 3.8) is 0 Å². The quantitative estimate of drug-likeness (QED) is 0.862. The van der Waals surface area contributed by atoms with E-state index in [4.69, 9.17) is 9.47 Å². The predicted molar refractivity (Wildman–Crippen MR) is 91.1 cm³/mol. The maximum absolute atomic E-state index is 12.7. The smallest absolute Gasteiger partial charge is 0.321 e. The molecule has 124 valence electrons. The summed E-state index contributed by atoms with van der Waals surface area (Å²) < 4.78 is 11.9. The third-order valence-electron chi connectivity index (χ3n) is 4.85. The lowest BCUT2D eigenvalue weighted by molar-refractivity contribution is 0.171. The van der Waals surface area contributed by atoms with Crippen molar-refractivity contribution in [2.24, 2.45) is 11.8 Å². The Hall–Kier alpha value is -1.43. The fourth-order valence-electron chi connectivity index (χ4n) is 3.39. The van der Waals surface area contributed by atoms with Crippen LogP contribution in [0.2, 0.25) is 0 Å². The van der Waals surface area contributed by atoms with Crippen LogP contribution in [0.15, 0.2) is 16.6 Å². The molecule has 2 amide bonds. The summed E-state index contributed by atoms with van der Waals surface area (Å²) in [6.07, 6.45) is 5.03. The number of hydrogen-bond acceptors (Lipinski definition) is 3. The van der Waals surface area contributed by atoms with E-state index in [9.17, 15) is 4.79 Å². The number of amides is 2. The van der Waals surface area contributed by atoms with Gasteiger partial charge in [0.15, 0.2) is 11.5 Å². The first-order valence-corrected chi connectivity index (χ1v) is 9.06. The summed E-state index contributed by atoms with van der Waals surface area (Å²) in [6, 6.07) is 4.02. The maximum atomic E-state index is 12.7. The van der Waals surface area contributed by atoms with Crippen LogP contribution in [-0.4, -0.2) is 37.2 Å². The Morgan fingerprint density at radius 2 is 1.74 bits per heavy atom. The minimum absolute atomic E-state index is 0.0498. The van der Waals surface area contributed by atoms with Gasteiger partial charge in [0.2, 0.25) is 0 Å². The van der Waals surface area contributed by atoms with E-state index in [0.29, 0.717) is 42.6 Å². The largest absolute Gasteiger partial charge is 0.486 e. The van der Waals surface area contributed by atoms with E-state index in [1.165, 1.54) is 25.7 Å². The van der Waals surface area contributed by atoms with Crippen molar-refractivity contribution in [1.29, 1.82) is 0 Å². The van der Waals surface area contributed by atoms with E-state index < -0.39 is 0 Å². The summed E-state index contributed by atoms with van der Waals surface area (Å²) >= 11 is 3.50. The normalized spacial score (nSPS) is 19.6. The third-order valence-corrected chi connectivity index (χ3v) is 5.51. The van der Waals surface area contributed by atoms with E-state index in [1.807, 2.05) is 24.1 Å². The van der Waals surface area contributed by atoms with Crippen LogP contribution < -0.4 is 14.8 Å². The van der Waals surface area contributed by atoms with E-state index in [0.717, 1.165) is 10.2 Å². The number of carbonyl (C=O) groups is 1. The van der Waals surface area contributed by atoms with E-state index in [-0.39, 0.29) is 6.03 Å². The van der Waals surface area contributed by atoms with Crippen LogP contribution in [0.4, 0.5) is 10.5 Å². The highest BCUT2D eigenvalue weighted by Gasteiger charge is 2.45. The van der Waals surface area contributed by atoms with E-state index in [1.54, 1.807) is 0 Å². The molecule has 0 saturated heterocycles. The molecular formula is C17H21BrN2O3. The molecule has 0 bridgehead atoms. The molecule has 3 aliphatic rings. The highest BCUT2D eigenvalue weighted by atomic mass is 79.9. The van der Waals surface area contributed by atoms with Crippen molar-refractivity contribution in [2.45, 2.75) is 31.7 Å². The zero-order chi connectivity index (χ0) is 16.0. The molecule has 2 aliphatic carbocycles. The topological polar surface area (TPSA) is 50.8 Å². The Morgan fingerprint density at radius 3 is 2.30 bits per heavy atom. The van der Waals surface area contributed by atoms with Gasteiger partial charge in [0, 0.05) is 29.7 Å². The number of nitrogens with zero attached hydrogens (tertiary/aromatic N) is 1. The molecule has 1 heterocycles. The zero-order valence-corrected chi connectivity index (χ0v) is 14.8. The molecule has 23 heavy (non-hydrogen) atoms. The van der Waals surface area contributed by atoms with Crippen molar-refractivity contribution >= 4 is 27.6 Å². The number of anilines is 1. The summed E-state index contributed by atoms with van der Waals surface area (Å²) in [5.74, 6) is 2.78. The number of fused-ring (bicyclic) bond motifs is 1. The fourth-order valence-corrected chi connectivity index (χ4v) is 3.81. The van der Waals surface area contributed by atoms with Crippen LogP contribution in [-0.2, 0) is 0 Å². The lowest BCUT2D eigenvalue weighted by atomic mass is 10.1. The highest BCUT2D eigenvalue weighted by molar-refractivity contribution is 9.10. The van der Waals surface area contributed by atoms with Gasteiger partial charge < -0.3 is 19.7 Å². The van der Waals surface area contributed by atoms with Crippen molar-refractivity contribution in [3.8, 4) is 11.5 Å². The second-order valence-electron chi connectivity index (χ2n) is 6.68. The first-order valence-electron chi connectivity index (χ1n) is 8.26. The minimum Gasteiger partial charge on any atom is -0.486 e. The van der Waals surface area contributed by atoms with Crippen LogP contribution in [0.3, 0.4) is 0 Å². The molecule has 2 fully saturated rings. The van der Waals surface area contributed by atoms with Gasteiger partial charge in [0.25, 0.3) is 0 Å². The lowest BCUT2D eigenvalue weighted by Crippen LogP contribution is -2.42. The van der Waals surface area contributed by atoms with Crippen molar-refractivity contribution in [2.75, 3.05) is 25.6 Å². The average molecular weight is 381 g/mol. The Morgan fingerprint density at radius 1 is 1.17 bits per heavy atom. The van der Waals surface area contributed by atoms with Gasteiger partial charge in [-0.15, -0.1) is 0 Å². The summed E-state index contributed by atoms with van der Waals surface area (Å²) in [6.45, 7) is 1.09. The molecule has 2 saturated carbocycles. The van der Waals surface area contributed by atoms with E-state index in [2.05, 4.69) is 21.2 Å². The van der Waals surface area contributed by atoms with Gasteiger partial charge in [0.1, 0.15) is 13.2 Å². The van der Waals surface area contributed by atoms with Gasteiger partial charge in [-0.25, -0.2) is 4.79 Å². The molecule has 0 atom stereocenters. The predicted octanol–water partition coefficient (Wildman–Crippen LogP) is 3.87. The number of hydrogen-bond donors (Lipinski definition) is 1. The monoisotopic (exact) mass is 380 g/mol. The van der Waals surface area contributed by atoms with Gasteiger partial charge in [-0.05, 0) is 53.4 Å². The van der Waals surface area contributed by atoms with Gasteiger partial charge in [-0.1, -0.05) is 0 Å². The van der Waals surface area contributed by atoms with Crippen LogP contribution in [0, 0.1) is 11.8 Å². The van der Waals surface area contributed by atoms with Crippen LogP contribution in [0.5, 0.6) is 11.5 Å². The maximum Gasteiger partial charge on any atom is 0.321 e. The molecule has 1 aromatic carbocycles. The van der Waals surface area contributed by atoms with Crippen LogP contribution in [0.1, 0.15) is 25.7 Å². The molecule has 6 heteroatoms. The second-order valence-corrected chi connectivity index (χ2v) is 7.54. The highest BCUT2D eigenvalue weighted by Crippen LogP contribution is 2.47. The summed E-state index contributed by atoms with van der Waals surface area (Å²) in [5, 5.41) is 3.01. The number of nitrogens with one attached hydrogen (secondary N) is 1. The molecule has 4 rings (SSSR count). The number of ether oxygens (including phenoxy) is 2. The number of urea groups is 1. The van der Waals surface area contributed by atoms with Gasteiger partial charge in [-0.2, -0.15) is 0 Å². The minimum atomic E-state index is -0.0498. The van der Waals surface area contributed by atoms with Gasteiger partial charge >= 0.3 is 6.03 Å². The Kier molecular flexibility index (Phi) is 3.87. The fraction of sp³-hybridized carbons (Fsp3) is 0.588. The lowest BCUT2D eigenvalue weighted by Gasteiger charge is -2.29. The molecule has 5 nitrogen and oxygen atoms in total. The first-order chi connectivity index (χ1) is 11.1. The Balaban J connectivity index is 1.49. The molecule has 0 spiro atoms. The van der Waals surface area contributed by atoms with Crippen molar-refractivity contribution in [1.82, 2.24) is 4.90 Å². The number of carbonyl (C=O) groups excluding carboxylic acids is 1. The van der Waals surface area contributed by atoms with Crippen molar-refractivity contribution in [3.05, 3.63) is 16.6 Å². The second kappa shape index (κ2) is 5.89. The molecule has 0 unspecified atom stereocenters. The molecular weight excluding hydrogens is 360 g/mol. The zero-order valence-electron chi connectivity index (χ0n) is 13.2. The Bertz CT molecular complexity index is 617. The molecule has 0 aromatic heterocycles. The molecule has 1 N–H and O–H groups in total. The average Bonchev–Trinajstić information content (AvgIpc) is 3.42. The first kappa shape index (κ1) is 15.1. The van der Waals surface area contributed by atoms with Crippen LogP contribution >= 0.6 is 15.9 Å². The summed E-state index contributed by atoms with van der Waals surface area (Å²) in [5.41, 5.74) is 0.719.